The molecule has 0 radical (unpaired) electrons. The molecule has 1 unspecified atom stereocenters. The van der Waals surface area contributed by atoms with Gasteiger partial charge in [-0.3, -0.25) is 0 Å². The van der Waals surface area contributed by atoms with Crippen LogP contribution in [0, 0.1) is 0 Å². The van der Waals surface area contributed by atoms with Gasteiger partial charge in [0.05, 0.1) is 0 Å². The summed E-state index contributed by atoms with van der Waals surface area (Å²) in [5.41, 5.74) is 4.45. The van der Waals surface area contributed by atoms with E-state index in [-0.39, 0.29) is 0 Å². The van der Waals surface area contributed by atoms with Crippen LogP contribution in [0.15, 0.2) is 53.6 Å². The van der Waals surface area contributed by atoms with E-state index in [2.05, 4.69) is 97.1 Å². The van der Waals surface area contributed by atoms with Gasteiger partial charge in [0.25, 0.3) is 0 Å². The summed E-state index contributed by atoms with van der Waals surface area (Å²) >= 11 is 0. The minimum atomic E-state index is -1.61. The van der Waals surface area contributed by atoms with E-state index in [1.165, 1.54) is 61.7 Å². The Labute approximate surface area is 189 Å². The van der Waals surface area contributed by atoms with Crippen molar-refractivity contribution in [1.82, 2.24) is 0 Å². The van der Waals surface area contributed by atoms with Crippen LogP contribution in [0.25, 0.3) is 0 Å². The molecule has 1 rings (SSSR count). The molecule has 30 heavy (non-hydrogen) atoms. The zero-order valence-corrected chi connectivity index (χ0v) is 22.2. The molecule has 0 fully saturated rings. The van der Waals surface area contributed by atoms with Crippen molar-refractivity contribution in [1.29, 1.82) is 0 Å². The van der Waals surface area contributed by atoms with Gasteiger partial charge in [-0.15, -0.1) is 0 Å². The zero-order valence-electron chi connectivity index (χ0n) is 21.2. The molecule has 0 heterocycles. The van der Waals surface area contributed by atoms with Crippen molar-refractivity contribution in [3.63, 3.8) is 0 Å². The highest BCUT2D eigenvalue weighted by atomic mass is 28.4. The van der Waals surface area contributed by atoms with Crippen molar-refractivity contribution in [3.05, 3.63) is 59.2 Å². The molecule has 2 heteroatoms. The predicted molar refractivity (Wildman–Crippen MR) is 138 cm³/mol. The maximum atomic E-state index is 6.37. The first kappa shape index (κ1) is 26.9. The average molecular weight is 429 g/mol. The van der Waals surface area contributed by atoms with E-state index in [0.717, 1.165) is 6.61 Å². The molecule has 1 atom stereocenters. The first-order chi connectivity index (χ1) is 14.0. The van der Waals surface area contributed by atoms with Gasteiger partial charge in [0.2, 0.25) is 0 Å². The molecule has 1 aromatic carbocycles. The van der Waals surface area contributed by atoms with Crippen LogP contribution < -0.4 is 0 Å². The van der Waals surface area contributed by atoms with E-state index in [1.807, 2.05) is 0 Å². The van der Waals surface area contributed by atoms with E-state index in [4.69, 9.17) is 4.43 Å². The topological polar surface area (TPSA) is 9.23 Å². The number of hydrogen-bond donors (Lipinski definition) is 0. The van der Waals surface area contributed by atoms with Crippen LogP contribution in [0.5, 0.6) is 0 Å². The van der Waals surface area contributed by atoms with Crippen LogP contribution in [-0.2, 0) is 4.43 Å². The summed E-state index contributed by atoms with van der Waals surface area (Å²) in [4.78, 5) is 0. The number of hydrogen-bond acceptors (Lipinski definition) is 1. The lowest BCUT2D eigenvalue weighted by molar-refractivity contribution is 0.276. The van der Waals surface area contributed by atoms with Crippen molar-refractivity contribution < 1.29 is 4.43 Å². The van der Waals surface area contributed by atoms with Gasteiger partial charge in [-0.1, -0.05) is 80.8 Å². The lowest BCUT2D eigenvalue weighted by atomic mass is 9.89. The lowest BCUT2D eigenvalue weighted by Crippen LogP contribution is -2.40. The van der Waals surface area contributed by atoms with Gasteiger partial charge in [-0.25, -0.2) is 0 Å². The average Bonchev–Trinajstić information content (AvgIpc) is 2.65. The second-order valence-corrected chi connectivity index (χ2v) is 15.5. The summed E-state index contributed by atoms with van der Waals surface area (Å²) in [6.07, 6.45) is 13.3. The summed E-state index contributed by atoms with van der Waals surface area (Å²) in [5.74, 6) is 0.654. The molecule has 0 bridgehead atoms. The van der Waals surface area contributed by atoms with E-state index in [0.29, 0.717) is 11.0 Å². The molecule has 0 N–H and O–H groups in total. The molecule has 1 nitrogen and oxygen atoms in total. The van der Waals surface area contributed by atoms with Crippen molar-refractivity contribution >= 4 is 8.32 Å². The highest BCUT2D eigenvalue weighted by Crippen LogP contribution is 2.36. The lowest BCUT2D eigenvalue weighted by Gasteiger charge is -2.36. The summed E-state index contributed by atoms with van der Waals surface area (Å²) < 4.78 is 6.37. The first-order valence-electron chi connectivity index (χ1n) is 12.0. The summed E-state index contributed by atoms with van der Waals surface area (Å²) in [6, 6.07) is 11.1. The second kappa shape index (κ2) is 13.3. The fourth-order valence-electron chi connectivity index (χ4n) is 3.46. The number of benzene rings is 1. The van der Waals surface area contributed by atoms with Crippen molar-refractivity contribution in [2.24, 2.45) is 0 Å². The molecular weight excluding hydrogens is 380 g/mol. The van der Waals surface area contributed by atoms with Crippen LogP contribution in [0.4, 0.5) is 0 Å². The summed E-state index contributed by atoms with van der Waals surface area (Å²) in [7, 11) is -1.61. The second-order valence-electron chi connectivity index (χ2n) is 10.7. The minimum Gasteiger partial charge on any atom is -0.417 e. The van der Waals surface area contributed by atoms with E-state index >= 15 is 0 Å². The normalized spacial score (nSPS) is 13.9. The van der Waals surface area contributed by atoms with Crippen LogP contribution >= 0.6 is 0 Å². The Morgan fingerprint density at radius 1 is 0.933 bits per heavy atom. The highest BCUT2D eigenvalue weighted by molar-refractivity contribution is 6.74. The first-order valence-corrected chi connectivity index (χ1v) is 14.9. The maximum Gasteiger partial charge on any atom is 0.191 e. The largest absolute Gasteiger partial charge is 0.417 e. The third-order valence-corrected chi connectivity index (χ3v) is 11.1. The fraction of sp³-hybridized carbons (Fsp3) is 0.643. The van der Waals surface area contributed by atoms with Crippen LogP contribution in [0.2, 0.25) is 18.1 Å². The van der Waals surface area contributed by atoms with Crippen molar-refractivity contribution in [3.8, 4) is 0 Å². The van der Waals surface area contributed by atoms with E-state index in [1.54, 1.807) is 0 Å². The Hall–Kier alpha value is -1.12. The Kier molecular flexibility index (Phi) is 12.0. The number of allylic oxidation sites excluding steroid dienone is 4. The molecule has 170 valence electrons. The number of unbranched alkanes of at least 4 members (excludes halogenated alkanes) is 1. The molecule has 0 aliphatic heterocycles. The molecule has 0 aromatic heterocycles. The SMILES string of the molecule is CC(C)=CCC/C(C)=C/CCC(CCCCO[Si](C)(C)C(C)(C)C)c1ccccc1. The quantitative estimate of drug-likeness (QED) is 0.173. The molecule has 0 spiro atoms. The molecule has 0 saturated carbocycles. The predicted octanol–water partition coefficient (Wildman–Crippen LogP) is 9.44. The molecule has 0 saturated heterocycles. The van der Waals surface area contributed by atoms with Crippen LogP contribution in [-0.4, -0.2) is 14.9 Å². The Bertz CT molecular complexity index is 645. The zero-order chi connectivity index (χ0) is 22.6. The van der Waals surface area contributed by atoms with E-state index < -0.39 is 8.32 Å². The van der Waals surface area contributed by atoms with Gasteiger partial charge in [0.1, 0.15) is 0 Å². The number of rotatable bonds is 13. The highest BCUT2D eigenvalue weighted by Gasteiger charge is 2.36. The third kappa shape index (κ3) is 10.8. The molecular formula is C28H48OSi. The van der Waals surface area contributed by atoms with Gasteiger partial charge in [0.15, 0.2) is 8.32 Å². The van der Waals surface area contributed by atoms with Crippen molar-refractivity contribution in [2.75, 3.05) is 6.61 Å². The summed E-state index contributed by atoms with van der Waals surface area (Å²) in [5, 5.41) is 0.301. The van der Waals surface area contributed by atoms with Crippen molar-refractivity contribution in [2.45, 2.75) is 111 Å². The maximum absolute atomic E-state index is 6.37. The van der Waals surface area contributed by atoms with Gasteiger partial charge in [-0.2, -0.15) is 0 Å². The van der Waals surface area contributed by atoms with Gasteiger partial charge in [0, 0.05) is 6.61 Å². The summed E-state index contributed by atoms with van der Waals surface area (Å²) in [6.45, 7) is 19.2. The Morgan fingerprint density at radius 2 is 1.60 bits per heavy atom. The molecule has 0 amide bonds. The van der Waals surface area contributed by atoms with Gasteiger partial charge in [-0.05, 0) is 88.9 Å². The minimum absolute atomic E-state index is 0.301. The molecule has 0 aliphatic carbocycles. The Balaban J connectivity index is 2.51. The van der Waals surface area contributed by atoms with Gasteiger partial charge >= 0.3 is 0 Å². The monoisotopic (exact) mass is 428 g/mol. The molecule has 0 aliphatic rings. The third-order valence-electron chi connectivity index (χ3n) is 6.59. The molecule has 1 aromatic rings. The van der Waals surface area contributed by atoms with Crippen LogP contribution in [0.1, 0.15) is 98.0 Å². The standard InChI is InChI=1S/C28H48OSi/c1-24(2)16-14-17-25(3)18-15-22-27(26-19-10-9-11-20-26)21-12-13-23-29-30(7,8)28(4,5)6/h9-11,16,18-20,27H,12-15,17,21-23H2,1-8H3/b25-18+. The Morgan fingerprint density at radius 3 is 2.20 bits per heavy atom. The smallest absolute Gasteiger partial charge is 0.191 e. The van der Waals surface area contributed by atoms with E-state index in [9.17, 15) is 0 Å². The van der Waals surface area contributed by atoms with Gasteiger partial charge < -0.3 is 4.43 Å². The fourth-order valence-corrected chi connectivity index (χ4v) is 4.55. The van der Waals surface area contributed by atoms with Crippen LogP contribution in [0.3, 0.4) is 0 Å².